The van der Waals surface area contributed by atoms with Crippen molar-refractivity contribution >= 4 is 11.6 Å². The Morgan fingerprint density at radius 2 is 0.957 bits per heavy atom. The van der Waals surface area contributed by atoms with Crippen molar-refractivity contribution < 1.29 is 0 Å². The number of hydrogen-bond acceptors (Lipinski definition) is 1. The number of rotatable bonds is 15. The molecule has 23 heavy (non-hydrogen) atoms. The molecule has 2 heteroatoms. The van der Waals surface area contributed by atoms with Crippen molar-refractivity contribution in [3.8, 4) is 0 Å². The summed E-state index contributed by atoms with van der Waals surface area (Å²) in [6.07, 6.45) is 23.8. The van der Waals surface area contributed by atoms with Gasteiger partial charge in [-0.1, -0.05) is 76.9 Å². The Bertz CT molecular complexity index is 211. The van der Waals surface area contributed by atoms with E-state index < -0.39 is 0 Å². The lowest BCUT2D eigenvalue weighted by Crippen LogP contribution is -1.99. The van der Waals surface area contributed by atoms with E-state index in [-0.39, 0.29) is 0 Å². The number of nitrogens with zero attached hydrogens (tertiary/aromatic N) is 1. The van der Waals surface area contributed by atoms with Crippen LogP contribution in [0.15, 0.2) is 12.2 Å². The second-order valence-electron chi connectivity index (χ2n) is 6.97. The van der Waals surface area contributed by atoms with Crippen LogP contribution in [0.1, 0.15) is 96.8 Å². The number of allylic oxidation sites excluding steroid dienone is 2. The molecule has 0 aliphatic heterocycles. The normalized spacial score (nSPS) is 11.0. The third-order valence-electron chi connectivity index (χ3n) is 3.65. The summed E-state index contributed by atoms with van der Waals surface area (Å²) in [5, 5.41) is 0. The third-order valence-corrected chi connectivity index (χ3v) is 3.91. The maximum Gasteiger partial charge on any atom is 0.0223 e. The molecule has 0 heterocycles. The van der Waals surface area contributed by atoms with Crippen LogP contribution in [-0.2, 0) is 0 Å². The van der Waals surface area contributed by atoms with Crippen LogP contribution in [-0.4, -0.2) is 31.9 Å². The number of halogens is 1. The molecule has 140 valence electrons. The lowest BCUT2D eigenvalue weighted by molar-refractivity contribution is 0.505. The van der Waals surface area contributed by atoms with Crippen LogP contribution in [0.3, 0.4) is 0 Å². The molecule has 0 bridgehead atoms. The first kappa shape index (κ1) is 25.2. The standard InChI is InChI=1S/C18H35Cl.C3H9N/c1-2-3-4-5-6-7-8-9-10-11-12-13-14-15-16-17-18-19;1-4(2)3/h9-10H,2-8,11-18H2,1H3;1-3H3/b10-9-;. The van der Waals surface area contributed by atoms with Crippen LogP contribution in [0.4, 0.5) is 0 Å². The minimum atomic E-state index is 0.835. The molecule has 0 unspecified atom stereocenters. The first-order valence-corrected chi connectivity index (χ1v) is 10.5. The molecule has 0 saturated heterocycles. The lowest BCUT2D eigenvalue weighted by Gasteiger charge is -1.99. The predicted octanol–water partition coefficient (Wildman–Crippen LogP) is 7.44. The fourth-order valence-corrected chi connectivity index (χ4v) is 2.53. The molecule has 0 saturated carbocycles. The molecule has 0 spiro atoms. The summed E-state index contributed by atoms with van der Waals surface area (Å²) in [5.74, 6) is 0.835. The van der Waals surface area contributed by atoms with Crippen LogP contribution in [0.25, 0.3) is 0 Å². The highest BCUT2D eigenvalue weighted by Gasteiger charge is 1.90. The Balaban J connectivity index is 0. The van der Waals surface area contributed by atoms with Crippen molar-refractivity contribution in [3.05, 3.63) is 12.2 Å². The summed E-state index contributed by atoms with van der Waals surface area (Å²) in [6, 6.07) is 0. The van der Waals surface area contributed by atoms with E-state index >= 15 is 0 Å². The molecule has 0 aromatic heterocycles. The van der Waals surface area contributed by atoms with Crippen LogP contribution >= 0.6 is 11.6 Å². The second-order valence-corrected chi connectivity index (χ2v) is 7.35. The van der Waals surface area contributed by atoms with Gasteiger partial charge in [-0.15, -0.1) is 11.6 Å². The summed E-state index contributed by atoms with van der Waals surface area (Å²) in [4.78, 5) is 2.00. The topological polar surface area (TPSA) is 3.24 Å². The molecule has 0 fully saturated rings. The van der Waals surface area contributed by atoms with Crippen molar-refractivity contribution in [2.45, 2.75) is 96.8 Å². The van der Waals surface area contributed by atoms with Gasteiger partial charge in [-0.25, -0.2) is 0 Å². The van der Waals surface area contributed by atoms with Crippen molar-refractivity contribution in [1.82, 2.24) is 4.90 Å². The van der Waals surface area contributed by atoms with Gasteiger partial charge in [-0.2, -0.15) is 0 Å². The van der Waals surface area contributed by atoms with Gasteiger partial charge in [-0.05, 0) is 53.2 Å². The van der Waals surface area contributed by atoms with Crippen molar-refractivity contribution in [3.63, 3.8) is 0 Å². The molecule has 0 rings (SSSR count). The quantitative estimate of drug-likeness (QED) is 0.169. The van der Waals surface area contributed by atoms with Crippen molar-refractivity contribution in [1.29, 1.82) is 0 Å². The Morgan fingerprint density at radius 1 is 0.609 bits per heavy atom. The van der Waals surface area contributed by atoms with E-state index in [1.54, 1.807) is 0 Å². The van der Waals surface area contributed by atoms with Gasteiger partial charge in [0.25, 0.3) is 0 Å². The Labute approximate surface area is 152 Å². The Morgan fingerprint density at radius 3 is 1.35 bits per heavy atom. The predicted molar refractivity (Wildman–Crippen MR) is 110 cm³/mol. The lowest BCUT2D eigenvalue weighted by atomic mass is 10.1. The van der Waals surface area contributed by atoms with Gasteiger partial charge in [0.15, 0.2) is 0 Å². The third kappa shape index (κ3) is 34.4. The minimum Gasteiger partial charge on any atom is -0.312 e. The smallest absolute Gasteiger partial charge is 0.0223 e. The Kier molecular flexibility index (Phi) is 26.6. The summed E-state index contributed by atoms with van der Waals surface area (Å²) in [7, 11) is 6.00. The van der Waals surface area contributed by atoms with E-state index in [9.17, 15) is 0 Å². The molecule has 0 aliphatic rings. The maximum atomic E-state index is 5.65. The first-order valence-electron chi connectivity index (χ1n) is 9.97. The van der Waals surface area contributed by atoms with Gasteiger partial charge in [0.2, 0.25) is 0 Å². The summed E-state index contributed by atoms with van der Waals surface area (Å²) in [6.45, 7) is 2.28. The molecule has 0 N–H and O–H groups in total. The summed E-state index contributed by atoms with van der Waals surface area (Å²) in [5.41, 5.74) is 0. The number of unbranched alkanes of at least 4 members (excludes halogenated alkanes) is 12. The van der Waals surface area contributed by atoms with Crippen LogP contribution in [0.5, 0.6) is 0 Å². The average molecular weight is 346 g/mol. The largest absolute Gasteiger partial charge is 0.312 e. The summed E-state index contributed by atoms with van der Waals surface area (Å²) < 4.78 is 0. The molecular formula is C21H44ClN. The molecule has 0 radical (unpaired) electrons. The Hall–Kier alpha value is -0.0100. The van der Waals surface area contributed by atoms with Gasteiger partial charge in [0.1, 0.15) is 0 Å². The second kappa shape index (κ2) is 24.2. The van der Waals surface area contributed by atoms with Crippen LogP contribution in [0, 0.1) is 0 Å². The fraction of sp³-hybridized carbons (Fsp3) is 0.905. The molecular weight excluding hydrogens is 302 g/mol. The van der Waals surface area contributed by atoms with E-state index in [0.717, 1.165) is 5.88 Å². The monoisotopic (exact) mass is 345 g/mol. The summed E-state index contributed by atoms with van der Waals surface area (Å²) >= 11 is 5.65. The van der Waals surface area contributed by atoms with E-state index in [4.69, 9.17) is 11.6 Å². The average Bonchev–Trinajstić information content (AvgIpc) is 2.50. The highest BCUT2D eigenvalue weighted by atomic mass is 35.5. The molecule has 0 atom stereocenters. The van der Waals surface area contributed by atoms with Crippen LogP contribution < -0.4 is 0 Å². The highest BCUT2D eigenvalue weighted by molar-refractivity contribution is 6.17. The van der Waals surface area contributed by atoms with E-state index in [1.165, 1.54) is 89.9 Å². The molecule has 1 nitrogen and oxygen atoms in total. The number of alkyl halides is 1. The van der Waals surface area contributed by atoms with Gasteiger partial charge in [0, 0.05) is 5.88 Å². The number of hydrogen-bond donors (Lipinski definition) is 0. The van der Waals surface area contributed by atoms with E-state index in [1.807, 2.05) is 26.0 Å². The maximum absolute atomic E-state index is 5.65. The highest BCUT2D eigenvalue weighted by Crippen LogP contribution is 2.09. The zero-order chi connectivity index (χ0) is 17.6. The first-order chi connectivity index (χ1) is 11.1. The molecule has 0 amide bonds. The SMILES string of the molecule is CCCCCCCC/C=C\CCCCCCCCCl.CN(C)C. The van der Waals surface area contributed by atoms with Gasteiger partial charge in [0.05, 0.1) is 0 Å². The molecule has 0 aromatic carbocycles. The van der Waals surface area contributed by atoms with Gasteiger partial charge >= 0.3 is 0 Å². The zero-order valence-electron chi connectivity index (χ0n) is 16.6. The zero-order valence-corrected chi connectivity index (χ0v) is 17.3. The molecule has 0 aromatic rings. The van der Waals surface area contributed by atoms with Crippen molar-refractivity contribution in [2.75, 3.05) is 27.0 Å². The fourth-order valence-electron chi connectivity index (χ4n) is 2.34. The van der Waals surface area contributed by atoms with Gasteiger partial charge < -0.3 is 4.90 Å². The van der Waals surface area contributed by atoms with E-state index in [2.05, 4.69) is 19.1 Å². The molecule has 0 aliphatic carbocycles. The van der Waals surface area contributed by atoms with Crippen molar-refractivity contribution in [2.24, 2.45) is 0 Å². The van der Waals surface area contributed by atoms with Crippen LogP contribution in [0.2, 0.25) is 0 Å². The minimum absolute atomic E-state index is 0.835. The van der Waals surface area contributed by atoms with Gasteiger partial charge in [-0.3, -0.25) is 0 Å². The van der Waals surface area contributed by atoms with E-state index in [0.29, 0.717) is 0 Å².